The van der Waals surface area contributed by atoms with E-state index in [0.717, 1.165) is 19.5 Å². The van der Waals surface area contributed by atoms with Gasteiger partial charge in [0, 0.05) is 24.7 Å². The van der Waals surface area contributed by atoms with Crippen LogP contribution in [0.5, 0.6) is 5.75 Å². The van der Waals surface area contributed by atoms with Gasteiger partial charge in [-0.2, -0.15) is 0 Å². The van der Waals surface area contributed by atoms with E-state index in [2.05, 4.69) is 31.4 Å². The number of hydrogen-bond acceptors (Lipinski definition) is 3. The predicted octanol–water partition coefficient (Wildman–Crippen LogP) is 1.79. The zero-order valence-corrected chi connectivity index (χ0v) is 10.9. The number of rotatable bonds is 2. The molecule has 0 radical (unpaired) electrons. The number of nitrogens with one attached hydrogen (secondary N) is 2. The Morgan fingerprint density at radius 2 is 2.12 bits per heavy atom. The van der Waals surface area contributed by atoms with Crippen LogP contribution in [-0.4, -0.2) is 23.2 Å². The Kier molecular flexibility index (Phi) is 3.40. The number of benzene rings is 1. The quantitative estimate of drug-likeness (QED) is 0.731. The van der Waals surface area contributed by atoms with Crippen LogP contribution in [0.3, 0.4) is 0 Å². The van der Waals surface area contributed by atoms with Gasteiger partial charge in [-0.15, -0.1) is 0 Å². The van der Waals surface area contributed by atoms with Crippen LogP contribution >= 0.6 is 0 Å². The van der Waals surface area contributed by atoms with Crippen molar-refractivity contribution in [3.05, 3.63) is 29.3 Å². The van der Waals surface area contributed by atoms with Crippen LogP contribution in [0.1, 0.15) is 31.9 Å². The molecule has 0 fully saturated rings. The first-order valence-electron chi connectivity index (χ1n) is 6.23. The summed E-state index contributed by atoms with van der Waals surface area (Å²) in [5, 5.41) is 16.4. The molecule has 0 bridgehead atoms. The highest BCUT2D eigenvalue weighted by atomic mass is 16.3. The van der Waals surface area contributed by atoms with E-state index in [1.54, 1.807) is 6.07 Å². The van der Waals surface area contributed by atoms with Gasteiger partial charge in [0.2, 0.25) is 0 Å². The Morgan fingerprint density at radius 3 is 2.82 bits per heavy atom. The highest BCUT2D eigenvalue weighted by Crippen LogP contribution is 2.21. The molecule has 2 rings (SSSR count). The third-order valence-electron chi connectivity index (χ3n) is 3.12. The second kappa shape index (κ2) is 4.67. The second-order valence-corrected chi connectivity index (χ2v) is 5.87. The van der Waals surface area contributed by atoms with Crippen molar-refractivity contribution in [2.24, 2.45) is 0 Å². The molecule has 1 aliphatic rings. The number of hydrogen-bond donors (Lipinski definition) is 3. The minimum Gasteiger partial charge on any atom is -0.508 e. The highest BCUT2D eigenvalue weighted by molar-refractivity contribution is 5.36. The molecule has 0 spiro atoms. The molecule has 1 unspecified atom stereocenters. The summed E-state index contributed by atoms with van der Waals surface area (Å²) in [4.78, 5) is 0. The summed E-state index contributed by atoms with van der Waals surface area (Å²) in [5.41, 5.74) is 2.73. The minimum absolute atomic E-state index is 0.164. The van der Waals surface area contributed by atoms with Gasteiger partial charge in [0.25, 0.3) is 0 Å². The average molecular weight is 234 g/mol. The summed E-state index contributed by atoms with van der Waals surface area (Å²) in [6.45, 7) is 8.37. The summed E-state index contributed by atoms with van der Waals surface area (Å²) in [5.74, 6) is 0.358. The van der Waals surface area contributed by atoms with Gasteiger partial charge in [-0.05, 0) is 50.5 Å². The summed E-state index contributed by atoms with van der Waals surface area (Å²) >= 11 is 0. The lowest BCUT2D eigenvalue weighted by atomic mass is 9.95. The molecule has 1 aliphatic heterocycles. The van der Waals surface area contributed by atoms with Gasteiger partial charge in [0.15, 0.2) is 0 Å². The summed E-state index contributed by atoms with van der Waals surface area (Å²) in [7, 11) is 0. The number of fused-ring (bicyclic) bond motifs is 1. The fourth-order valence-corrected chi connectivity index (χ4v) is 2.14. The number of phenols is 1. The average Bonchev–Trinajstić information content (AvgIpc) is 2.25. The Hall–Kier alpha value is -1.06. The molecular formula is C14H22N2O. The molecule has 1 heterocycles. The van der Waals surface area contributed by atoms with E-state index < -0.39 is 0 Å². The monoisotopic (exact) mass is 234 g/mol. The Morgan fingerprint density at radius 1 is 1.35 bits per heavy atom. The Balaban J connectivity index is 1.97. The molecule has 1 aromatic carbocycles. The third-order valence-corrected chi connectivity index (χ3v) is 3.12. The molecule has 3 N–H and O–H groups in total. The highest BCUT2D eigenvalue weighted by Gasteiger charge is 2.19. The van der Waals surface area contributed by atoms with Gasteiger partial charge in [-0.3, -0.25) is 0 Å². The molecule has 0 saturated carbocycles. The van der Waals surface area contributed by atoms with Crippen LogP contribution < -0.4 is 10.6 Å². The van der Waals surface area contributed by atoms with E-state index in [1.807, 2.05) is 12.1 Å². The van der Waals surface area contributed by atoms with Gasteiger partial charge >= 0.3 is 0 Å². The van der Waals surface area contributed by atoms with E-state index in [9.17, 15) is 5.11 Å². The van der Waals surface area contributed by atoms with Crippen LogP contribution in [0.15, 0.2) is 18.2 Å². The summed E-state index contributed by atoms with van der Waals surface area (Å²) in [6.07, 6.45) is 1.03. The van der Waals surface area contributed by atoms with E-state index in [1.165, 1.54) is 11.1 Å². The fourth-order valence-electron chi connectivity index (χ4n) is 2.14. The van der Waals surface area contributed by atoms with Crippen molar-refractivity contribution in [2.75, 3.05) is 6.54 Å². The Labute approximate surface area is 103 Å². The second-order valence-electron chi connectivity index (χ2n) is 5.87. The van der Waals surface area contributed by atoms with E-state index in [-0.39, 0.29) is 5.54 Å². The molecule has 0 aliphatic carbocycles. The van der Waals surface area contributed by atoms with Crippen molar-refractivity contribution in [2.45, 2.75) is 45.3 Å². The minimum atomic E-state index is 0.164. The van der Waals surface area contributed by atoms with Gasteiger partial charge in [-0.25, -0.2) is 0 Å². The summed E-state index contributed by atoms with van der Waals surface area (Å²) in [6, 6.07) is 6.15. The standard InChI is InChI=1S/C14H22N2O/c1-14(2,3)16-9-12-6-10-4-5-13(17)7-11(10)8-15-12/h4-5,7,12,15-17H,6,8-9H2,1-3H3. The molecule has 94 valence electrons. The SMILES string of the molecule is CC(C)(C)NCC1Cc2ccc(O)cc2CN1. The molecular weight excluding hydrogens is 212 g/mol. The van der Waals surface area contributed by atoms with Gasteiger partial charge in [0.1, 0.15) is 5.75 Å². The molecule has 3 heteroatoms. The predicted molar refractivity (Wildman–Crippen MR) is 70.2 cm³/mol. The maximum atomic E-state index is 9.42. The van der Waals surface area contributed by atoms with Crippen molar-refractivity contribution in [1.82, 2.24) is 10.6 Å². The molecule has 1 aromatic rings. The van der Waals surface area contributed by atoms with Crippen molar-refractivity contribution >= 4 is 0 Å². The number of phenolic OH excluding ortho intramolecular Hbond substituents is 1. The molecule has 3 nitrogen and oxygen atoms in total. The lowest BCUT2D eigenvalue weighted by molar-refractivity contribution is 0.366. The van der Waals surface area contributed by atoms with Crippen LogP contribution in [0.25, 0.3) is 0 Å². The topological polar surface area (TPSA) is 44.3 Å². The molecule has 0 amide bonds. The van der Waals surface area contributed by atoms with Gasteiger partial charge in [0.05, 0.1) is 0 Å². The van der Waals surface area contributed by atoms with E-state index >= 15 is 0 Å². The van der Waals surface area contributed by atoms with Crippen molar-refractivity contribution in [3.8, 4) is 5.75 Å². The first-order chi connectivity index (χ1) is 7.94. The van der Waals surface area contributed by atoms with Crippen molar-refractivity contribution < 1.29 is 5.11 Å². The lowest BCUT2D eigenvalue weighted by Crippen LogP contribution is -2.48. The van der Waals surface area contributed by atoms with E-state index in [0.29, 0.717) is 11.8 Å². The molecule has 1 atom stereocenters. The van der Waals surface area contributed by atoms with E-state index in [4.69, 9.17) is 0 Å². The van der Waals surface area contributed by atoms with Gasteiger partial charge < -0.3 is 15.7 Å². The molecule has 0 saturated heterocycles. The molecule has 17 heavy (non-hydrogen) atoms. The zero-order chi connectivity index (χ0) is 12.5. The Bertz CT molecular complexity index is 396. The van der Waals surface area contributed by atoms with Crippen molar-refractivity contribution in [1.29, 1.82) is 0 Å². The summed E-state index contributed by atoms with van der Waals surface area (Å²) < 4.78 is 0. The van der Waals surface area contributed by atoms with Crippen LogP contribution in [0.2, 0.25) is 0 Å². The number of aromatic hydroxyl groups is 1. The van der Waals surface area contributed by atoms with Gasteiger partial charge in [-0.1, -0.05) is 6.07 Å². The third kappa shape index (κ3) is 3.45. The smallest absolute Gasteiger partial charge is 0.115 e. The molecule has 0 aromatic heterocycles. The maximum absolute atomic E-state index is 9.42. The zero-order valence-electron chi connectivity index (χ0n) is 10.9. The van der Waals surface area contributed by atoms with Crippen LogP contribution in [-0.2, 0) is 13.0 Å². The maximum Gasteiger partial charge on any atom is 0.115 e. The van der Waals surface area contributed by atoms with Crippen molar-refractivity contribution in [3.63, 3.8) is 0 Å². The van der Waals surface area contributed by atoms with Crippen LogP contribution in [0, 0.1) is 0 Å². The largest absolute Gasteiger partial charge is 0.508 e. The normalized spacial score (nSPS) is 20.1. The first kappa shape index (κ1) is 12.4. The lowest BCUT2D eigenvalue weighted by Gasteiger charge is -2.30. The fraction of sp³-hybridized carbons (Fsp3) is 0.571. The van der Waals surface area contributed by atoms with Crippen LogP contribution in [0.4, 0.5) is 0 Å². The first-order valence-corrected chi connectivity index (χ1v) is 6.23.